The Labute approximate surface area is 160 Å². The molecule has 1 aliphatic carbocycles. The van der Waals surface area contributed by atoms with E-state index in [9.17, 15) is 4.79 Å². The van der Waals surface area contributed by atoms with Gasteiger partial charge in [0.2, 0.25) is 5.91 Å². The van der Waals surface area contributed by atoms with Gasteiger partial charge < -0.3 is 5.32 Å². The quantitative estimate of drug-likeness (QED) is 0.808. The first-order valence-electron chi connectivity index (χ1n) is 9.37. The fourth-order valence-electron chi connectivity index (χ4n) is 3.66. The highest BCUT2D eigenvalue weighted by Crippen LogP contribution is 2.29. The molecule has 1 heterocycles. The third kappa shape index (κ3) is 4.29. The summed E-state index contributed by atoms with van der Waals surface area (Å²) in [6.07, 6.45) is 3.55. The second-order valence-electron chi connectivity index (χ2n) is 7.43. The predicted molar refractivity (Wildman–Crippen MR) is 106 cm³/mol. The van der Waals surface area contributed by atoms with E-state index in [0.29, 0.717) is 23.6 Å². The van der Waals surface area contributed by atoms with Crippen LogP contribution in [0.4, 0.5) is 0 Å². The molecule has 2 aromatic rings. The van der Waals surface area contributed by atoms with Crippen molar-refractivity contribution < 1.29 is 4.79 Å². The summed E-state index contributed by atoms with van der Waals surface area (Å²) in [7, 11) is 0. The molecule has 140 valence electrons. The van der Waals surface area contributed by atoms with E-state index in [2.05, 4.69) is 48.4 Å². The maximum atomic E-state index is 12.5. The van der Waals surface area contributed by atoms with Crippen LogP contribution in [0.1, 0.15) is 44.5 Å². The third-order valence-corrected chi connectivity index (χ3v) is 6.37. The normalized spacial score (nSPS) is 23.0. The van der Waals surface area contributed by atoms with Crippen LogP contribution in [0.25, 0.3) is 5.69 Å². The minimum Gasteiger partial charge on any atom is -0.352 e. The molecule has 1 saturated carbocycles. The van der Waals surface area contributed by atoms with Crippen molar-refractivity contribution in [3.63, 3.8) is 0 Å². The lowest BCUT2D eigenvalue weighted by Gasteiger charge is -2.34. The number of amides is 1. The van der Waals surface area contributed by atoms with E-state index in [-0.39, 0.29) is 5.91 Å². The van der Waals surface area contributed by atoms with Gasteiger partial charge in [0.25, 0.3) is 0 Å². The zero-order valence-electron chi connectivity index (χ0n) is 16.0. The molecule has 0 aliphatic heterocycles. The van der Waals surface area contributed by atoms with Gasteiger partial charge in [0.1, 0.15) is 5.82 Å². The number of rotatable bonds is 5. The number of nitrogens with zero attached hydrogens (tertiary/aromatic N) is 3. The first-order valence-corrected chi connectivity index (χ1v) is 10.4. The van der Waals surface area contributed by atoms with Crippen molar-refractivity contribution >= 4 is 17.7 Å². The van der Waals surface area contributed by atoms with Crippen LogP contribution in [0, 0.1) is 25.7 Å². The largest absolute Gasteiger partial charge is 0.352 e. The molecule has 0 bridgehead atoms. The van der Waals surface area contributed by atoms with Crippen LogP contribution >= 0.6 is 11.8 Å². The van der Waals surface area contributed by atoms with Crippen molar-refractivity contribution in [2.75, 3.05) is 5.75 Å². The topological polar surface area (TPSA) is 59.8 Å². The van der Waals surface area contributed by atoms with Gasteiger partial charge in [-0.25, -0.2) is 0 Å². The second-order valence-corrected chi connectivity index (χ2v) is 8.38. The van der Waals surface area contributed by atoms with Crippen LogP contribution in [0.2, 0.25) is 0 Å². The number of thioether (sulfide) groups is 1. The summed E-state index contributed by atoms with van der Waals surface area (Å²) < 4.78 is 2.01. The molecule has 26 heavy (non-hydrogen) atoms. The van der Waals surface area contributed by atoms with E-state index in [4.69, 9.17) is 0 Å². The van der Waals surface area contributed by atoms with Crippen LogP contribution in [0.3, 0.4) is 0 Å². The molecule has 3 atom stereocenters. The smallest absolute Gasteiger partial charge is 0.230 e. The lowest BCUT2D eigenvalue weighted by atomic mass is 9.78. The summed E-state index contributed by atoms with van der Waals surface area (Å²) in [6.45, 7) is 8.53. The van der Waals surface area contributed by atoms with Crippen molar-refractivity contribution in [3.05, 3.63) is 35.7 Å². The summed E-state index contributed by atoms with van der Waals surface area (Å²) in [5.74, 6) is 2.48. The molecule has 1 aliphatic rings. The van der Waals surface area contributed by atoms with E-state index >= 15 is 0 Å². The Morgan fingerprint density at radius 1 is 1.27 bits per heavy atom. The molecule has 5 nitrogen and oxygen atoms in total. The van der Waals surface area contributed by atoms with Crippen LogP contribution in [0.15, 0.2) is 29.4 Å². The summed E-state index contributed by atoms with van der Waals surface area (Å²) in [4.78, 5) is 12.5. The number of hydrogen-bond acceptors (Lipinski definition) is 4. The molecule has 1 amide bonds. The first-order chi connectivity index (χ1) is 12.5. The molecule has 1 N–H and O–H groups in total. The highest BCUT2D eigenvalue weighted by atomic mass is 32.2. The molecule has 0 spiro atoms. The lowest BCUT2D eigenvalue weighted by Crippen LogP contribution is -2.44. The highest BCUT2D eigenvalue weighted by Gasteiger charge is 2.28. The Kier molecular flexibility index (Phi) is 6.01. The van der Waals surface area contributed by atoms with Crippen molar-refractivity contribution in [3.8, 4) is 5.69 Å². The molecular formula is C20H28N4OS. The first kappa shape index (κ1) is 19.0. The summed E-state index contributed by atoms with van der Waals surface area (Å²) in [5, 5.41) is 12.4. The second kappa shape index (κ2) is 8.25. The molecule has 3 unspecified atom stereocenters. The van der Waals surface area contributed by atoms with Gasteiger partial charge in [-0.2, -0.15) is 0 Å². The average Bonchev–Trinajstić information content (AvgIpc) is 2.98. The van der Waals surface area contributed by atoms with E-state index in [0.717, 1.165) is 23.1 Å². The molecular weight excluding hydrogens is 344 g/mol. The fraction of sp³-hybridized carbons (Fsp3) is 0.550. The van der Waals surface area contributed by atoms with E-state index in [1.807, 2.05) is 23.6 Å². The Balaban J connectivity index is 1.64. The minimum absolute atomic E-state index is 0.0809. The monoisotopic (exact) mass is 372 g/mol. The highest BCUT2D eigenvalue weighted by molar-refractivity contribution is 7.99. The third-order valence-electron chi connectivity index (χ3n) is 5.44. The van der Waals surface area contributed by atoms with Crippen LogP contribution in [-0.2, 0) is 4.79 Å². The maximum Gasteiger partial charge on any atom is 0.230 e. The number of carbonyl (C=O) groups is 1. The Morgan fingerprint density at radius 3 is 2.85 bits per heavy atom. The van der Waals surface area contributed by atoms with Crippen LogP contribution < -0.4 is 5.32 Å². The number of carbonyl (C=O) groups excluding carboxylic acids is 1. The molecule has 6 heteroatoms. The Morgan fingerprint density at radius 2 is 2.08 bits per heavy atom. The minimum atomic E-state index is 0.0809. The SMILES string of the molecule is Cc1cccc(-n2c(C)nnc2SCC(=O)NC2CCCC(C)C2C)c1. The molecule has 3 rings (SSSR count). The number of benzene rings is 1. The average molecular weight is 373 g/mol. The Bertz CT molecular complexity index is 773. The van der Waals surface area contributed by atoms with Crippen molar-refractivity contribution in [1.29, 1.82) is 0 Å². The number of aromatic nitrogens is 3. The van der Waals surface area contributed by atoms with Crippen molar-refractivity contribution in [2.45, 2.75) is 58.2 Å². The summed E-state index contributed by atoms with van der Waals surface area (Å²) in [5.41, 5.74) is 2.22. The van der Waals surface area contributed by atoms with Gasteiger partial charge in [0, 0.05) is 11.7 Å². The van der Waals surface area contributed by atoms with Gasteiger partial charge in [-0.15, -0.1) is 10.2 Å². The molecule has 1 fully saturated rings. The number of nitrogens with one attached hydrogen (secondary N) is 1. The molecule has 0 radical (unpaired) electrons. The van der Waals surface area contributed by atoms with Gasteiger partial charge in [0.05, 0.1) is 5.75 Å². The van der Waals surface area contributed by atoms with E-state index in [1.165, 1.54) is 30.2 Å². The van der Waals surface area contributed by atoms with Gasteiger partial charge >= 0.3 is 0 Å². The zero-order chi connectivity index (χ0) is 18.7. The summed E-state index contributed by atoms with van der Waals surface area (Å²) in [6, 6.07) is 8.53. The standard InChI is InChI=1S/C20H28N4OS/c1-13-7-5-9-17(11-13)24-16(4)22-23-20(24)26-12-19(25)21-18-10-6-8-14(2)15(18)3/h5,7,9,11,14-15,18H,6,8,10,12H2,1-4H3,(H,21,25). The summed E-state index contributed by atoms with van der Waals surface area (Å²) >= 11 is 1.44. The maximum absolute atomic E-state index is 12.5. The zero-order valence-corrected chi connectivity index (χ0v) is 16.8. The van der Waals surface area contributed by atoms with E-state index < -0.39 is 0 Å². The van der Waals surface area contributed by atoms with Crippen LogP contribution in [-0.4, -0.2) is 32.5 Å². The van der Waals surface area contributed by atoms with Crippen molar-refractivity contribution in [1.82, 2.24) is 20.1 Å². The van der Waals surface area contributed by atoms with Gasteiger partial charge in [0.15, 0.2) is 5.16 Å². The number of aryl methyl sites for hydroxylation is 2. The van der Waals surface area contributed by atoms with Crippen molar-refractivity contribution in [2.24, 2.45) is 11.8 Å². The lowest BCUT2D eigenvalue weighted by molar-refractivity contribution is -0.120. The fourth-order valence-corrected chi connectivity index (χ4v) is 4.47. The van der Waals surface area contributed by atoms with Gasteiger partial charge in [-0.1, -0.05) is 50.6 Å². The van der Waals surface area contributed by atoms with E-state index in [1.54, 1.807) is 0 Å². The van der Waals surface area contributed by atoms with Crippen LogP contribution in [0.5, 0.6) is 0 Å². The molecule has 1 aromatic carbocycles. The molecule has 1 aromatic heterocycles. The molecule has 0 saturated heterocycles. The predicted octanol–water partition coefficient (Wildman–Crippen LogP) is 3.92. The number of hydrogen-bond donors (Lipinski definition) is 1. The Hall–Kier alpha value is -1.82. The van der Waals surface area contributed by atoms with Gasteiger partial charge in [-0.3, -0.25) is 9.36 Å². The van der Waals surface area contributed by atoms with Gasteiger partial charge in [-0.05, 0) is 49.8 Å².